The van der Waals surface area contributed by atoms with Crippen LogP contribution in [0.5, 0.6) is 0 Å². The maximum Gasteiger partial charge on any atom is 0.417 e. The molecule has 0 atom stereocenters. The molecule has 0 bridgehead atoms. The number of anilines is 1. The van der Waals surface area contributed by atoms with Gasteiger partial charge in [0, 0.05) is 29.3 Å². The molecule has 13 heteroatoms. The number of aromatic nitrogens is 4. The van der Waals surface area contributed by atoms with Crippen molar-refractivity contribution in [2.24, 2.45) is 5.41 Å². The van der Waals surface area contributed by atoms with Crippen LogP contribution in [0, 0.1) is 16.7 Å². The lowest BCUT2D eigenvalue weighted by molar-refractivity contribution is -0.138. The molecule has 2 aliphatic rings. The summed E-state index contributed by atoms with van der Waals surface area (Å²) >= 11 is 3.08. The number of halogens is 4. The van der Waals surface area contributed by atoms with Gasteiger partial charge in [-0.3, -0.25) is 4.68 Å². The fourth-order valence-corrected chi connectivity index (χ4v) is 6.18. The number of benzene rings is 1. The second-order valence-electron chi connectivity index (χ2n) is 11.6. The van der Waals surface area contributed by atoms with Gasteiger partial charge in [0.2, 0.25) is 0 Å². The molecule has 1 amide bonds. The van der Waals surface area contributed by atoms with Crippen molar-refractivity contribution in [2.75, 3.05) is 18.8 Å². The van der Waals surface area contributed by atoms with E-state index in [4.69, 9.17) is 10.5 Å². The van der Waals surface area contributed by atoms with E-state index < -0.39 is 17.3 Å². The molecule has 2 fully saturated rings. The first-order valence-electron chi connectivity index (χ1n) is 12.8. The number of carbonyl (C=O) groups is 1. The van der Waals surface area contributed by atoms with Crippen molar-refractivity contribution < 1.29 is 22.7 Å². The van der Waals surface area contributed by atoms with Crippen molar-refractivity contribution in [1.82, 2.24) is 24.5 Å². The second-order valence-corrected chi connectivity index (χ2v) is 12.4. The number of ether oxygens (including phenoxy) is 1. The molecular weight excluding hydrogens is 591 g/mol. The molecule has 1 aliphatic carbocycles. The molecule has 0 radical (unpaired) electrons. The minimum atomic E-state index is -4.48. The Labute approximate surface area is 237 Å². The fraction of sp³-hybridized carbons (Fsp3) is 0.481. The van der Waals surface area contributed by atoms with Gasteiger partial charge in [-0.05, 0) is 73.0 Å². The van der Waals surface area contributed by atoms with E-state index in [9.17, 15) is 23.2 Å². The Morgan fingerprint density at radius 2 is 2.02 bits per heavy atom. The Morgan fingerprint density at radius 1 is 1.30 bits per heavy atom. The van der Waals surface area contributed by atoms with Crippen LogP contribution in [0.1, 0.15) is 62.8 Å². The number of amides is 1. The predicted molar refractivity (Wildman–Crippen MR) is 144 cm³/mol. The van der Waals surface area contributed by atoms with Crippen molar-refractivity contribution >= 4 is 27.8 Å². The van der Waals surface area contributed by atoms with Crippen molar-refractivity contribution in [3.8, 4) is 17.3 Å². The van der Waals surface area contributed by atoms with Crippen LogP contribution in [0.3, 0.4) is 0 Å². The standard InChI is InChI=1S/C27H29BrF3N7O2/c1-25(2,3)40-24(39)36-8-7-26(15-36)9-18(10-26)38-23(33)19(11-32)22(35-38)17-12-34-37(14-17)13-16-5-4-6-20(21(16)28)27(29,30)31/h4-6,12,14,18H,7-10,13,15,33H2,1-3H3. The zero-order valence-corrected chi connectivity index (χ0v) is 23.9. The highest BCUT2D eigenvalue weighted by atomic mass is 79.9. The molecule has 1 saturated heterocycles. The largest absolute Gasteiger partial charge is 0.444 e. The SMILES string of the molecule is CC(C)(C)OC(=O)N1CCC2(CC(n3nc(-c4cnn(Cc5cccc(C(F)(F)F)c5Br)c4)c(C#N)c3N)C2)C1. The van der Waals surface area contributed by atoms with Gasteiger partial charge in [-0.15, -0.1) is 0 Å². The van der Waals surface area contributed by atoms with Gasteiger partial charge >= 0.3 is 12.3 Å². The first kappa shape index (κ1) is 28.0. The van der Waals surface area contributed by atoms with Gasteiger partial charge in [-0.1, -0.05) is 12.1 Å². The average Bonchev–Trinajstić information content (AvgIpc) is 3.55. The van der Waals surface area contributed by atoms with Crippen LogP contribution in [0.15, 0.2) is 35.1 Å². The summed E-state index contributed by atoms with van der Waals surface area (Å²) in [6.07, 6.45) is 0.762. The van der Waals surface area contributed by atoms with Gasteiger partial charge < -0.3 is 15.4 Å². The van der Waals surface area contributed by atoms with Crippen LogP contribution >= 0.6 is 15.9 Å². The van der Waals surface area contributed by atoms with Gasteiger partial charge in [0.25, 0.3) is 0 Å². The average molecular weight is 620 g/mol. The molecule has 9 nitrogen and oxygen atoms in total. The minimum absolute atomic E-state index is 0.0180. The van der Waals surface area contributed by atoms with Gasteiger partial charge in [-0.2, -0.15) is 28.6 Å². The van der Waals surface area contributed by atoms with E-state index in [1.165, 1.54) is 16.9 Å². The lowest BCUT2D eigenvalue weighted by Crippen LogP contribution is -2.43. The normalized spacial score (nSPS) is 20.9. The zero-order valence-electron chi connectivity index (χ0n) is 22.3. The summed E-state index contributed by atoms with van der Waals surface area (Å²) in [7, 11) is 0. The van der Waals surface area contributed by atoms with Crippen molar-refractivity contribution in [2.45, 2.75) is 64.4 Å². The van der Waals surface area contributed by atoms with Gasteiger partial charge in [0.05, 0.1) is 24.3 Å². The van der Waals surface area contributed by atoms with Gasteiger partial charge in [-0.25, -0.2) is 9.48 Å². The summed E-state index contributed by atoms with van der Waals surface area (Å²) in [6, 6.07) is 6.08. The van der Waals surface area contributed by atoms with Crippen molar-refractivity contribution in [3.05, 3.63) is 51.8 Å². The van der Waals surface area contributed by atoms with E-state index in [1.807, 2.05) is 20.8 Å². The van der Waals surface area contributed by atoms with Crippen LogP contribution < -0.4 is 5.73 Å². The van der Waals surface area contributed by atoms with Gasteiger partial charge in [0.15, 0.2) is 0 Å². The third-order valence-electron chi connectivity index (χ3n) is 7.46. The Kier molecular flexibility index (Phi) is 6.89. The van der Waals surface area contributed by atoms with E-state index in [1.54, 1.807) is 21.8 Å². The number of hydrogen-bond acceptors (Lipinski definition) is 6. The van der Waals surface area contributed by atoms with Crippen LogP contribution in [-0.2, 0) is 17.5 Å². The number of nitrogens with two attached hydrogens (primary N) is 1. The summed E-state index contributed by atoms with van der Waals surface area (Å²) in [6.45, 7) is 6.85. The van der Waals surface area contributed by atoms with Crippen molar-refractivity contribution in [1.29, 1.82) is 5.26 Å². The quantitative estimate of drug-likeness (QED) is 0.383. The molecule has 1 spiro atoms. The third kappa shape index (κ3) is 5.29. The van der Waals surface area contributed by atoms with E-state index in [2.05, 4.69) is 32.2 Å². The monoisotopic (exact) mass is 619 g/mol. The summed E-state index contributed by atoms with van der Waals surface area (Å²) < 4.78 is 48.5. The number of carbonyl (C=O) groups excluding carboxylic acids is 1. The van der Waals surface area contributed by atoms with E-state index in [-0.39, 0.29) is 39.9 Å². The molecule has 3 aromatic rings. The lowest BCUT2D eigenvalue weighted by atomic mass is 9.65. The van der Waals surface area contributed by atoms with E-state index >= 15 is 0 Å². The Bertz CT molecular complexity index is 1490. The Balaban J connectivity index is 1.31. The summed E-state index contributed by atoms with van der Waals surface area (Å²) in [5.74, 6) is 0.257. The fourth-order valence-electron chi connectivity index (χ4n) is 5.57. The highest BCUT2D eigenvalue weighted by molar-refractivity contribution is 9.10. The maximum absolute atomic E-state index is 13.3. The topological polar surface area (TPSA) is 115 Å². The number of rotatable bonds is 4. The Hall–Kier alpha value is -3.53. The number of nitriles is 1. The molecule has 1 aliphatic heterocycles. The number of alkyl halides is 3. The third-order valence-corrected chi connectivity index (χ3v) is 8.39. The first-order chi connectivity index (χ1) is 18.7. The molecule has 5 rings (SSSR count). The Morgan fingerprint density at radius 3 is 2.67 bits per heavy atom. The minimum Gasteiger partial charge on any atom is -0.444 e. The molecule has 1 saturated carbocycles. The molecule has 212 valence electrons. The summed E-state index contributed by atoms with van der Waals surface area (Å²) in [5, 5.41) is 18.8. The molecule has 3 heterocycles. The predicted octanol–water partition coefficient (Wildman–Crippen LogP) is 5.99. The highest BCUT2D eigenvalue weighted by Gasteiger charge is 2.51. The van der Waals surface area contributed by atoms with Crippen LogP contribution in [0.2, 0.25) is 0 Å². The highest BCUT2D eigenvalue weighted by Crippen LogP contribution is 2.55. The number of likely N-dealkylation sites (tertiary alicyclic amines) is 1. The number of nitrogens with zero attached hydrogens (tertiary/aromatic N) is 6. The van der Waals surface area contributed by atoms with E-state index in [0.29, 0.717) is 29.9 Å². The lowest BCUT2D eigenvalue weighted by Gasteiger charge is -2.45. The van der Waals surface area contributed by atoms with Crippen LogP contribution in [-0.4, -0.2) is 49.2 Å². The molecule has 2 N–H and O–H groups in total. The molecule has 1 aromatic carbocycles. The number of nitrogen functional groups attached to an aromatic ring is 1. The van der Waals surface area contributed by atoms with Gasteiger partial charge in [0.1, 0.15) is 28.7 Å². The van der Waals surface area contributed by atoms with Crippen molar-refractivity contribution in [3.63, 3.8) is 0 Å². The number of hydrogen-bond donors (Lipinski definition) is 1. The molecular formula is C27H29BrF3N7O2. The second kappa shape index (κ2) is 9.83. The van der Waals surface area contributed by atoms with Crippen LogP contribution in [0.4, 0.5) is 23.8 Å². The molecule has 2 aromatic heterocycles. The van der Waals surface area contributed by atoms with E-state index in [0.717, 1.165) is 25.3 Å². The summed E-state index contributed by atoms with van der Waals surface area (Å²) in [4.78, 5) is 14.3. The molecule has 0 unspecified atom stereocenters. The smallest absolute Gasteiger partial charge is 0.417 e. The molecule has 40 heavy (non-hydrogen) atoms. The summed E-state index contributed by atoms with van der Waals surface area (Å²) in [5.41, 5.74) is 6.55. The first-order valence-corrected chi connectivity index (χ1v) is 13.6. The zero-order chi connectivity index (χ0) is 29.0. The maximum atomic E-state index is 13.3. The van der Waals surface area contributed by atoms with Crippen LogP contribution in [0.25, 0.3) is 11.3 Å².